The highest BCUT2D eigenvalue weighted by atomic mass is 19.1. The van der Waals surface area contributed by atoms with Crippen molar-refractivity contribution in [1.29, 1.82) is 0 Å². The number of imidazole rings is 1. The number of alkyl halides is 1. The maximum atomic E-state index is 14.2. The topological polar surface area (TPSA) is 81.6 Å². The number of hydrogen-bond donors (Lipinski definition) is 1. The van der Waals surface area contributed by atoms with E-state index in [1.807, 2.05) is 29.1 Å². The summed E-state index contributed by atoms with van der Waals surface area (Å²) in [6.07, 6.45) is 11.5. The number of halogens is 1. The molecule has 4 aromatic rings. The molecular weight excluding hydrogens is 361 g/mol. The highest BCUT2D eigenvalue weighted by Gasteiger charge is 2.26. The molecule has 0 amide bonds. The first kappa shape index (κ1) is 16.9. The van der Waals surface area contributed by atoms with Crippen LogP contribution in [0.1, 0.15) is 25.7 Å². The molecule has 0 saturated heterocycles. The van der Waals surface area contributed by atoms with Crippen LogP contribution in [-0.2, 0) is 0 Å². The second kappa shape index (κ2) is 6.74. The zero-order valence-corrected chi connectivity index (χ0v) is 15.4. The SMILES string of the molecule is COc1nc(N[C@H]2CCCC[C@H]2F)nn2ccc(-c3cnc4nccn4c3)c12. The van der Waals surface area contributed by atoms with Gasteiger partial charge in [-0.2, -0.15) is 4.98 Å². The van der Waals surface area contributed by atoms with Crippen LogP contribution >= 0.6 is 0 Å². The third-order valence-electron chi connectivity index (χ3n) is 5.23. The highest BCUT2D eigenvalue weighted by Crippen LogP contribution is 2.31. The standard InChI is InChI=1S/C19H20FN7O/c1-28-17-16-13(12-10-22-19-21-7-9-26(19)11-12)6-8-27(16)25-18(24-17)23-15-5-3-2-4-14(15)20/h6-11,14-15H,2-5H2,1H3,(H,23,25)/t14-,15+/m1/s1. The summed E-state index contributed by atoms with van der Waals surface area (Å²) in [6.45, 7) is 0. The van der Waals surface area contributed by atoms with Crippen LogP contribution in [0.5, 0.6) is 5.88 Å². The second-order valence-electron chi connectivity index (χ2n) is 7.00. The van der Waals surface area contributed by atoms with Crippen molar-refractivity contribution in [1.82, 2.24) is 29.0 Å². The van der Waals surface area contributed by atoms with Gasteiger partial charge in [0.05, 0.1) is 13.2 Å². The van der Waals surface area contributed by atoms with Gasteiger partial charge in [-0.25, -0.2) is 18.9 Å². The van der Waals surface area contributed by atoms with Gasteiger partial charge in [0.1, 0.15) is 11.7 Å². The molecule has 28 heavy (non-hydrogen) atoms. The Morgan fingerprint density at radius 3 is 2.96 bits per heavy atom. The van der Waals surface area contributed by atoms with Crippen molar-refractivity contribution in [3.8, 4) is 17.0 Å². The summed E-state index contributed by atoms with van der Waals surface area (Å²) in [5.74, 6) is 1.42. The first-order chi connectivity index (χ1) is 13.7. The van der Waals surface area contributed by atoms with E-state index >= 15 is 0 Å². The van der Waals surface area contributed by atoms with Gasteiger partial charge in [-0.3, -0.25) is 4.40 Å². The first-order valence-electron chi connectivity index (χ1n) is 9.36. The van der Waals surface area contributed by atoms with Crippen LogP contribution in [0.4, 0.5) is 10.3 Å². The number of hydrogen-bond acceptors (Lipinski definition) is 6. The Kier molecular flexibility index (Phi) is 4.07. The van der Waals surface area contributed by atoms with Crippen LogP contribution < -0.4 is 10.1 Å². The van der Waals surface area contributed by atoms with Gasteiger partial charge >= 0.3 is 0 Å². The van der Waals surface area contributed by atoms with Gasteiger partial charge in [0.2, 0.25) is 17.6 Å². The third-order valence-corrected chi connectivity index (χ3v) is 5.23. The molecule has 1 saturated carbocycles. The monoisotopic (exact) mass is 381 g/mol. The molecule has 1 aliphatic rings. The van der Waals surface area contributed by atoms with Crippen molar-refractivity contribution in [2.75, 3.05) is 12.4 Å². The predicted octanol–water partition coefficient (Wildman–Crippen LogP) is 3.14. The average Bonchev–Trinajstić information content (AvgIpc) is 3.35. The van der Waals surface area contributed by atoms with Crippen LogP contribution in [0.3, 0.4) is 0 Å². The Labute approximate surface area is 160 Å². The van der Waals surface area contributed by atoms with Crippen LogP contribution in [0.2, 0.25) is 0 Å². The molecular formula is C19H20FN7O. The fourth-order valence-corrected chi connectivity index (χ4v) is 3.80. The van der Waals surface area contributed by atoms with E-state index in [1.165, 1.54) is 0 Å². The quantitative estimate of drug-likeness (QED) is 0.585. The normalized spacial score (nSPS) is 19.9. The Morgan fingerprint density at radius 1 is 1.21 bits per heavy atom. The molecule has 0 spiro atoms. The van der Waals surface area contributed by atoms with Gasteiger partial charge < -0.3 is 10.1 Å². The van der Waals surface area contributed by atoms with Crippen molar-refractivity contribution in [3.05, 3.63) is 37.1 Å². The van der Waals surface area contributed by atoms with Crippen molar-refractivity contribution in [2.24, 2.45) is 0 Å². The lowest BCUT2D eigenvalue weighted by Crippen LogP contribution is -2.34. The minimum Gasteiger partial charge on any atom is -0.479 e. The molecule has 0 aliphatic heterocycles. The van der Waals surface area contributed by atoms with Crippen LogP contribution in [0.15, 0.2) is 37.1 Å². The summed E-state index contributed by atoms with van der Waals surface area (Å²) in [6, 6.07) is 1.67. The summed E-state index contributed by atoms with van der Waals surface area (Å²) in [5, 5.41) is 7.66. The van der Waals surface area contributed by atoms with E-state index in [4.69, 9.17) is 4.74 Å². The Morgan fingerprint density at radius 2 is 2.11 bits per heavy atom. The fraction of sp³-hybridized carbons (Fsp3) is 0.368. The minimum atomic E-state index is -0.882. The van der Waals surface area contributed by atoms with Crippen LogP contribution in [-0.4, -0.2) is 48.3 Å². The van der Waals surface area contributed by atoms with E-state index in [-0.39, 0.29) is 6.04 Å². The van der Waals surface area contributed by atoms with Gasteiger partial charge in [-0.05, 0) is 18.9 Å². The number of methoxy groups -OCH3 is 1. The number of nitrogens with one attached hydrogen (secondary N) is 1. The molecule has 1 aliphatic carbocycles. The molecule has 144 valence electrons. The van der Waals surface area contributed by atoms with Gasteiger partial charge in [0.25, 0.3) is 0 Å². The summed E-state index contributed by atoms with van der Waals surface area (Å²) in [5.41, 5.74) is 2.52. The van der Waals surface area contributed by atoms with E-state index in [9.17, 15) is 4.39 Å². The molecule has 4 heterocycles. The smallest absolute Gasteiger partial charge is 0.244 e. The highest BCUT2D eigenvalue weighted by molar-refractivity contribution is 5.84. The van der Waals surface area contributed by atoms with E-state index in [0.29, 0.717) is 24.0 Å². The zero-order valence-electron chi connectivity index (χ0n) is 15.4. The zero-order chi connectivity index (χ0) is 19.1. The molecule has 0 unspecified atom stereocenters. The number of anilines is 1. The summed E-state index contributed by atoms with van der Waals surface area (Å²) < 4.78 is 23.3. The first-order valence-corrected chi connectivity index (χ1v) is 9.36. The molecule has 8 nitrogen and oxygen atoms in total. The van der Waals surface area contributed by atoms with Crippen molar-refractivity contribution in [2.45, 2.75) is 37.9 Å². The van der Waals surface area contributed by atoms with Gasteiger partial charge in [-0.15, -0.1) is 5.10 Å². The molecule has 0 bridgehead atoms. The molecule has 0 radical (unpaired) electrons. The van der Waals surface area contributed by atoms with Crippen molar-refractivity contribution < 1.29 is 9.13 Å². The lowest BCUT2D eigenvalue weighted by molar-refractivity contribution is 0.229. The van der Waals surface area contributed by atoms with Gasteiger partial charge in [0.15, 0.2) is 0 Å². The predicted molar refractivity (Wildman–Crippen MR) is 102 cm³/mol. The fourth-order valence-electron chi connectivity index (χ4n) is 3.80. The van der Waals surface area contributed by atoms with Crippen molar-refractivity contribution in [3.63, 3.8) is 0 Å². The summed E-state index contributed by atoms with van der Waals surface area (Å²) in [7, 11) is 1.57. The van der Waals surface area contributed by atoms with E-state index in [2.05, 4.69) is 25.4 Å². The molecule has 4 aromatic heterocycles. The third kappa shape index (κ3) is 2.83. The molecule has 5 rings (SSSR count). The molecule has 2 atom stereocenters. The summed E-state index contributed by atoms with van der Waals surface area (Å²) in [4.78, 5) is 13.0. The maximum absolute atomic E-state index is 14.2. The molecule has 0 aromatic carbocycles. The number of aromatic nitrogens is 6. The Hall–Kier alpha value is -3.23. The second-order valence-corrected chi connectivity index (χ2v) is 7.00. The van der Waals surface area contributed by atoms with E-state index < -0.39 is 6.17 Å². The lowest BCUT2D eigenvalue weighted by Gasteiger charge is -2.26. The van der Waals surface area contributed by atoms with Crippen molar-refractivity contribution >= 4 is 17.2 Å². The average molecular weight is 381 g/mol. The maximum Gasteiger partial charge on any atom is 0.244 e. The number of nitrogens with zero attached hydrogens (tertiary/aromatic N) is 6. The number of fused-ring (bicyclic) bond motifs is 2. The van der Waals surface area contributed by atoms with E-state index in [0.717, 1.165) is 35.9 Å². The van der Waals surface area contributed by atoms with Crippen LogP contribution in [0, 0.1) is 0 Å². The van der Waals surface area contributed by atoms with E-state index in [1.54, 1.807) is 24.0 Å². The molecule has 9 heteroatoms. The van der Waals surface area contributed by atoms with Gasteiger partial charge in [-0.1, -0.05) is 12.8 Å². The largest absolute Gasteiger partial charge is 0.479 e. The number of ether oxygens (including phenoxy) is 1. The molecule has 1 fully saturated rings. The number of rotatable bonds is 4. The molecule has 1 N–H and O–H groups in total. The minimum absolute atomic E-state index is 0.265. The lowest BCUT2D eigenvalue weighted by atomic mass is 9.94. The Balaban J connectivity index is 1.55. The summed E-state index contributed by atoms with van der Waals surface area (Å²) >= 11 is 0. The van der Waals surface area contributed by atoms with Gasteiger partial charge in [0, 0.05) is 42.1 Å². The van der Waals surface area contributed by atoms with Crippen LogP contribution in [0.25, 0.3) is 22.4 Å². The Bertz CT molecular complexity index is 1140.